The van der Waals surface area contributed by atoms with Crippen LogP contribution in [0.3, 0.4) is 0 Å². The lowest BCUT2D eigenvalue weighted by Gasteiger charge is -2.28. The van der Waals surface area contributed by atoms with Crippen molar-refractivity contribution < 1.29 is 9.47 Å². The molecule has 7 heteroatoms. The van der Waals surface area contributed by atoms with E-state index in [1.807, 2.05) is 65.2 Å². The molecule has 1 aromatic heterocycles. The molecule has 2 heterocycles. The fraction of sp³-hybridized carbons (Fsp3) is 0.130. The number of rotatable bonds is 5. The summed E-state index contributed by atoms with van der Waals surface area (Å²) < 4.78 is 15.2. The molecule has 0 radical (unpaired) electrons. The van der Waals surface area contributed by atoms with Gasteiger partial charge in [0, 0.05) is 32.6 Å². The Morgan fingerprint density at radius 3 is 2.60 bits per heavy atom. The largest absolute Gasteiger partial charge is 0.460 e. The molecule has 0 saturated carbocycles. The molecule has 150 valence electrons. The second-order valence-electron chi connectivity index (χ2n) is 6.83. The van der Waals surface area contributed by atoms with Crippen molar-refractivity contribution >= 4 is 27.7 Å². The summed E-state index contributed by atoms with van der Waals surface area (Å²) in [6.45, 7) is 0.506. The van der Waals surface area contributed by atoms with Gasteiger partial charge in [-0.05, 0) is 24.3 Å². The Morgan fingerprint density at radius 2 is 1.80 bits per heavy atom. The van der Waals surface area contributed by atoms with Gasteiger partial charge < -0.3 is 9.47 Å². The van der Waals surface area contributed by atoms with Gasteiger partial charge in [-0.2, -0.15) is 0 Å². The maximum atomic E-state index is 6.29. The van der Waals surface area contributed by atoms with Crippen molar-refractivity contribution in [2.45, 2.75) is 23.8 Å². The molecule has 5 rings (SSSR count). The number of nitrogens with zero attached hydrogens (tertiary/aromatic N) is 3. The molecule has 1 aliphatic heterocycles. The first-order valence-corrected chi connectivity index (χ1v) is 11.3. The number of benzene rings is 3. The quantitative estimate of drug-likeness (QED) is 0.332. The zero-order valence-electron chi connectivity index (χ0n) is 15.9. The maximum Gasteiger partial charge on any atom is 0.227 e. The van der Waals surface area contributed by atoms with Crippen molar-refractivity contribution in [3.63, 3.8) is 0 Å². The highest BCUT2D eigenvalue weighted by Gasteiger charge is 2.25. The van der Waals surface area contributed by atoms with Crippen LogP contribution in [0.5, 0.6) is 5.75 Å². The second-order valence-corrected chi connectivity index (χ2v) is 8.69. The Balaban J connectivity index is 1.40. The fourth-order valence-corrected chi connectivity index (χ4v) is 4.84. The van der Waals surface area contributed by atoms with E-state index in [0.717, 1.165) is 37.8 Å². The Bertz CT molecular complexity index is 1150. The van der Waals surface area contributed by atoms with E-state index in [1.54, 1.807) is 18.1 Å². The Labute approximate surface area is 187 Å². The van der Waals surface area contributed by atoms with E-state index < -0.39 is 6.29 Å². The lowest BCUT2D eigenvalue weighted by atomic mass is 10.1. The predicted molar refractivity (Wildman–Crippen MR) is 120 cm³/mol. The summed E-state index contributed by atoms with van der Waals surface area (Å²) in [5.74, 6) is 1.59. The van der Waals surface area contributed by atoms with Gasteiger partial charge in [-0.15, -0.1) is 10.2 Å². The minimum absolute atomic E-state index is 0.406. The van der Waals surface area contributed by atoms with Crippen molar-refractivity contribution in [1.29, 1.82) is 0 Å². The Morgan fingerprint density at radius 1 is 1.03 bits per heavy atom. The van der Waals surface area contributed by atoms with E-state index in [9.17, 15) is 0 Å². The summed E-state index contributed by atoms with van der Waals surface area (Å²) in [5, 5.41) is 9.24. The van der Waals surface area contributed by atoms with Crippen molar-refractivity contribution in [3.05, 3.63) is 100 Å². The molecule has 1 aliphatic rings. The number of fused-ring (bicyclic) bond motifs is 1. The van der Waals surface area contributed by atoms with Crippen molar-refractivity contribution in [2.75, 3.05) is 0 Å². The van der Waals surface area contributed by atoms with E-state index in [1.165, 1.54) is 0 Å². The first-order chi connectivity index (χ1) is 14.8. The molecule has 0 N–H and O–H groups in total. The van der Waals surface area contributed by atoms with Gasteiger partial charge in [0.2, 0.25) is 6.29 Å². The summed E-state index contributed by atoms with van der Waals surface area (Å²) in [7, 11) is 0. The van der Waals surface area contributed by atoms with Crippen LogP contribution in [-0.4, -0.2) is 14.8 Å². The molecule has 0 aliphatic carbocycles. The van der Waals surface area contributed by atoms with Gasteiger partial charge in [0.1, 0.15) is 12.1 Å². The third-order valence-electron chi connectivity index (χ3n) is 4.80. The number of thioether (sulfide) groups is 1. The molecular formula is C23H18BrN3O2S. The predicted octanol–water partition coefficient (Wildman–Crippen LogP) is 5.93. The second kappa shape index (κ2) is 8.63. The van der Waals surface area contributed by atoms with E-state index in [4.69, 9.17) is 9.47 Å². The zero-order valence-corrected chi connectivity index (χ0v) is 18.3. The van der Waals surface area contributed by atoms with E-state index in [0.29, 0.717) is 12.4 Å². The first kappa shape index (κ1) is 19.4. The Hall–Kier alpha value is -2.61. The minimum atomic E-state index is -0.406. The third-order valence-corrected chi connectivity index (χ3v) is 6.25. The van der Waals surface area contributed by atoms with Gasteiger partial charge in [-0.1, -0.05) is 76.2 Å². The normalized spacial score (nSPS) is 15.4. The van der Waals surface area contributed by atoms with Crippen LogP contribution < -0.4 is 4.74 Å². The third kappa shape index (κ3) is 4.01. The molecule has 1 atom stereocenters. The van der Waals surface area contributed by atoms with Crippen LogP contribution in [0.2, 0.25) is 0 Å². The molecule has 0 saturated heterocycles. The summed E-state index contributed by atoms with van der Waals surface area (Å²) >= 11 is 5.25. The molecule has 4 aromatic rings. The zero-order chi connectivity index (χ0) is 20.3. The number of hydrogen-bond acceptors (Lipinski definition) is 5. The van der Waals surface area contributed by atoms with Crippen LogP contribution in [0.4, 0.5) is 0 Å². The number of halogens is 1. The maximum absolute atomic E-state index is 6.29. The molecule has 3 aromatic carbocycles. The van der Waals surface area contributed by atoms with Gasteiger partial charge in [0.15, 0.2) is 5.16 Å². The van der Waals surface area contributed by atoms with Crippen LogP contribution in [0.25, 0.3) is 5.69 Å². The van der Waals surface area contributed by atoms with E-state index in [2.05, 4.69) is 38.3 Å². The fourth-order valence-electron chi connectivity index (χ4n) is 3.39. The van der Waals surface area contributed by atoms with Gasteiger partial charge in [-0.3, -0.25) is 4.57 Å². The van der Waals surface area contributed by atoms with E-state index in [-0.39, 0.29) is 0 Å². The van der Waals surface area contributed by atoms with Crippen LogP contribution in [0.15, 0.2) is 88.8 Å². The average Bonchev–Trinajstić information content (AvgIpc) is 3.27. The van der Waals surface area contributed by atoms with Gasteiger partial charge in [-0.25, -0.2) is 0 Å². The smallest absolute Gasteiger partial charge is 0.227 e. The van der Waals surface area contributed by atoms with Crippen molar-refractivity contribution in [3.8, 4) is 11.4 Å². The number of para-hydroxylation sites is 1. The summed E-state index contributed by atoms with van der Waals surface area (Å²) in [6.07, 6.45) is 1.33. The molecule has 0 fully saturated rings. The summed E-state index contributed by atoms with van der Waals surface area (Å²) in [6, 6.07) is 24.3. The first-order valence-electron chi connectivity index (χ1n) is 9.51. The van der Waals surface area contributed by atoms with Gasteiger partial charge >= 0.3 is 0 Å². The molecule has 5 nitrogen and oxygen atoms in total. The molecule has 0 bridgehead atoms. The minimum Gasteiger partial charge on any atom is -0.460 e. The van der Waals surface area contributed by atoms with Crippen LogP contribution in [-0.2, 0) is 17.1 Å². The SMILES string of the molecule is Brc1cc2c(c(CSc3nncn3-c3ccccc3)c1)OC(c1ccccc1)OC2. The summed E-state index contributed by atoms with van der Waals surface area (Å²) in [5.41, 5.74) is 4.18. The van der Waals surface area contributed by atoms with Crippen molar-refractivity contribution in [2.24, 2.45) is 0 Å². The lowest BCUT2D eigenvalue weighted by molar-refractivity contribution is -0.111. The highest BCUT2D eigenvalue weighted by Crippen LogP contribution is 2.40. The molecule has 0 spiro atoms. The standard InChI is InChI=1S/C23H18BrN3O2S/c24-19-11-17-13-28-22(16-7-3-1-4-8-16)29-21(17)18(12-19)14-30-23-26-25-15-27(23)20-9-5-2-6-10-20/h1-12,15,22H,13-14H2. The van der Waals surface area contributed by atoms with Gasteiger partial charge in [0.25, 0.3) is 0 Å². The molecule has 0 amide bonds. The average molecular weight is 480 g/mol. The highest BCUT2D eigenvalue weighted by atomic mass is 79.9. The topological polar surface area (TPSA) is 49.2 Å². The van der Waals surface area contributed by atoms with Crippen LogP contribution in [0, 0.1) is 0 Å². The van der Waals surface area contributed by atoms with Gasteiger partial charge in [0.05, 0.1) is 6.61 Å². The van der Waals surface area contributed by atoms with E-state index >= 15 is 0 Å². The summed E-state index contributed by atoms with van der Waals surface area (Å²) in [4.78, 5) is 0. The highest BCUT2D eigenvalue weighted by molar-refractivity contribution is 9.10. The lowest BCUT2D eigenvalue weighted by Crippen LogP contribution is -2.19. The number of aromatic nitrogens is 3. The van der Waals surface area contributed by atoms with Crippen molar-refractivity contribution in [1.82, 2.24) is 14.8 Å². The molecule has 1 unspecified atom stereocenters. The van der Waals surface area contributed by atoms with Crippen LogP contribution in [0.1, 0.15) is 23.0 Å². The molecular weight excluding hydrogens is 462 g/mol. The monoisotopic (exact) mass is 479 g/mol. The Kier molecular flexibility index (Phi) is 5.57. The number of hydrogen-bond donors (Lipinski definition) is 0. The van der Waals surface area contributed by atoms with Crippen LogP contribution >= 0.6 is 27.7 Å². The number of ether oxygens (including phenoxy) is 2. The molecule has 30 heavy (non-hydrogen) atoms.